The molecule has 0 saturated carbocycles. The van der Waals surface area contributed by atoms with Crippen molar-refractivity contribution in [3.05, 3.63) is 34.9 Å². The van der Waals surface area contributed by atoms with Gasteiger partial charge in [-0.05, 0) is 38.1 Å². The lowest BCUT2D eigenvalue weighted by atomic mass is 10.1. The van der Waals surface area contributed by atoms with Crippen molar-refractivity contribution < 1.29 is 23.1 Å². The van der Waals surface area contributed by atoms with Gasteiger partial charge >= 0.3 is 6.18 Å². The molecular weight excluding hydrogens is 333 g/mol. The van der Waals surface area contributed by atoms with Gasteiger partial charge in [-0.25, -0.2) is 0 Å². The second-order valence-corrected chi connectivity index (χ2v) is 5.68. The van der Waals surface area contributed by atoms with E-state index in [1.807, 2.05) is 0 Å². The van der Waals surface area contributed by atoms with Crippen molar-refractivity contribution in [2.75, 3.05) is 6.54 Å². The minimum Gasteiger partial charge on any atom is -0.382 e. The van der Waals surface area contributed by atoms with Crippen LogP contribution >= 0.6 is 11.6 Å². The molecule has 0 heterocycles. The molecule has 8 heteroatoms. The van der Waals surface area contributed by atoms with Gasteiger partial charge < -0.3 is 5.11 Å². The Morgan fingerprint density at radius 3 is 2.22 bits per heavy atom. The maximum atomic E-state index is 12.6. The van der Waals surface area contributed by atoms with Crippen LogP contribution in [-0.2, 0) is 4.79 Å². The highest BCUT2D eigenvalue weighted by Crippen LogP contribution is 2.22. The molecule has 1 unspecified atom stereocenters. The quantitative estimate of drug-likeness (QED) is 0.669. The number of aliphatic imine (C=N–C) groups is 1. The van der Waals surface area contributed by atoms with E-state index in [2.05, 4.69) is 4.99 Å². The Bertz CT molecular complexity index is 571. The molecule has 0 fully saturated rings. The second-order valence-electron chi connectivity index (χ2n) is 5.24. The molecule has 0 aliphatic rings. The Labute approximate surface area is 137 Å². The van der Waals surface area contributed by atoms with E-state index in [0.717, 1.165) is 11.8 Å². The zero-order valence-corrected chi connectivity index (χ0v) is 13.7. The molecule has 1 N–H and O–H groups in total. The Balaban J connectivity index is 3.25. The van der Waals surface area contributed by atoms with Gasteiger partial charge in [-0.2, -0.15) is 13.2 Å². The third-order valence-electron chi connectivity index (χ3n) is 2.85. The van der Waals surface area contributed by atoms with Crippen LogP contribution in [0.2, 0.25) is 5.02 Å². The number of amidine groups is 1. The number of amides is 1. The first kappa shape index (κ1) is 19.4. The summed E-state index contributed by atoms with van der Waals surface area (Å²) in [5.41, 5.74) is 0.438. The highest BCUT2D eigenvalue weighted by atomic mass is 35.5. The molecule has 1 rings (SSSR count). The number of carbonyl (C=O) groups excluding carboxylic acids is 1. The molecule has 23 heavy (non-hydrogen) atoms. The normalized spacial score (nSPS) is 14.0. The van der Waals surface area contributed by atoms with Crippen molar-refractivity contribution in [1.82, 2.24) is 4.90 Å². The molecule has 128 valence electrons. The predicted molar refractivity (Wildman–Crippen MR) is 82.6 cm³/mol. The molecule has 1 amide bonds. The summed E-state index contributed by atoms with van der Waals surface area (Å²) in [5.74, 6) is -0.588. The Morgan fingerprint density at radius 2 is 1.83 bits per heavy atom. The summed E-state index contributed by atoms with van der Waals surface area (Å²) in [6.45, 7) is 3.66. The third-order valence-corrected chi connectivity index (χ3v) is 3.10. The molecule has 0 saturated heterocycles. The largest absolute Gasteiger partial charge is 0.416 e. The molecule has 0 aliphatic heterocycles. The van der Waals surface area contributed by atoms with Gasteiger partial charge in [0, 0.05) is 23.6 Å². The number of hydrogen-bond acceptors (Lipinski definition) is 3. The van der Waals surface area contributed by atoms with Crippen molar-refractivity contribution in [3.63, 3.8) is 0 Å². The number of benzene rings is 1. The maximum Gasteiger partial charge on any atom is 0.416 e. The minimum atomic E-state index is -4.82. The fourth-order valence-electron chi connectivity index (χ4n) is 1.78. The van der Waals surface area contributed by atoms with Crippen LogP contribution in [0.1, 0.15) is 26.3 Å². The lowest BCUT2D eigenvalue weighted by molar-refractivity contribution is -0.205. The van der Waals surface area contributed by atoms with Gasteiger partial charge in [-0.1, -0.05) is 11.6 Å². The van der Waals surface area contributed by atoms with Gasteiger partial charge in [-0.15, -0.1) is 0 Å². The highest BCUT2D eigenvalue weighted by molar-refractivity contribution is 6.30. The van der Waals surface area contributed by atoms with E-state index in [4.69, 9.17) is 11.6 Å². The summed E-state index contributed by atoms with van der Waals surface area (Å²) in [4.78, 5) is 16.9. The smallest absolute Gasteiger partial charge is 0.382 e. The summed E-state index contributed by atoms with van der Waals surface area (Å²) >= 11 is 5.80. The van der Waals surface area contributed by atoms with Crippen LogP contribution in [0, 0.1) is 0 Å². The lowest BCUT2D eigenvalue weighted by Crippen LogP contribution is -2.46. The fraction of sp³-hybridized carbons (Fsp3) is 0.467. The van der Waals surface area contributed by atoms with Crippen molar-refractivity contribution in [2.45, 2.75) is 39.1 Å². The predicted octanol–water partition coefficient (Wildman–Crippen LogP) is 3.27. The van der Waals surface area contributed by atoms with Crippen LogP contribution < -0.4 is 0 Å². The van der Waals surface area contributed by atoms with Crippen LogP contribution in [0.3, 0.4) is 0 Å². The molecule has 0 spiro atoms. The van der Waals surface area contributed by atoms with Gasteiger partial charge in [0.2, 0.25) is 5.91 Å². The molecule has 4 nitrogen and oxygen atoms in total. The van der Waals surface area contributed by atoms with Crippen LogP contribution in [-0.4, -0.2) is 46.6 Å². The number of alkyl halides is 3. The van der Waals surface area contributed by atoms with Gasteiger partial charge in [0.1, 0.15) is 5.84 Å². The van der Waals surface area contributed by atoms with Crippen LogP contribution in [0.5, 0.6) is 0 Å². The standard InChI is InChI=1S/C15H18ClF3N2O2/c1-9(2)20-14(11-4-6-12(16)7-5-11)21(10(3)22)8-13(23)15(17,18)19/h4-7,9,13,23H,8H2,1-3H3. The average molecular weight is 351 g/mol. The molecule has 0 bridgehead atoms. The van der Waals surface area contributed by atoms with E-state index < -0.39 is 24.7 Å². The minimum absolute atomic E-state index is 0.0625. The van der Waals surface area contributed by atoms with Gasteiger partial charge in [0.15, 0.2) is 6.10 Å². The monoisotopic (exact) mass is 350 g/mol. The molecule has 1 aromatic carbocycles. The summed E-state index contributed by atoms with van der Waals surface area (Å²) in [5, 5.41) is 9.73. The van der Waals surface area contributed by atoms with Crippen molar-refractivity contribution in [2.24, 2.45) is 4.99 Å². The van der Waals surface area contributed by atoms with E-state index in [1.165, 1.54) is 0 Å². The van der Waals surface area contributed by atoms with E-state index in [9.17, 15) is 23.1 Å². The summed E-state index contributed by atoms with van der Waals surface area (Å²) < 4.78 is 37.8. The summed E-state index contributed by atoms with van der Waals surface area (Å²) in [6, 6.07) is 5.95. The summed E-state index contributed by atoms with van der Waals surface area (Å²) in [6.07, 6.45) is -7.48. The molecule has 0 aromatic heterocycles. The molecular formula is C15H18ClF3N2O2. The van der Waals surface area contributed by atoms with Crippen molar-refractivity contribution >= 4 is 23.3 Å². The summed E-state index contributed by atoms with van der Waals surface area (Å²) in [7, 11) is 0. The van der Waals surface area contributed by atoms with E-state index in [0.29, 0.717) is 10.6 Å². The van der Waals surface area contributed by atoms with E-state index in [-0.39, 0.29) is 11.9 Å². The van der Waals surface area contributed by atoms with Crippen LogP contribution in [0.4, 0.5) is 13.2 Å². The molecule has 1 aromatic rings. The number of carbonyl (C=O) groups is 1. The fourth-order valence-corrected chi connectivity index (χ4v) is 1.91. The highest BCUT2D eigenvalue weighted by Gasteiger charge is 2.40. The van der Waals surface area contributed by atoms with E-state index >= 15 is 0 Å². The number of rotatable bonds is 4. The number of aliphatic hydroxyl groups is 1. The van der Waals surface area contributed by atoms with Crippen molar-refractivity contribution in [3.8, 4) is 0 Å². The topological polar surface area (TPSA) is 52.9 Å². The molecule has 0 aliphatic carbocycles. The SMILES string of the molecule is CC(=O)N(CC(O)C(F)(F)F)C(=NC(C)C)c1ccc(Cl)cc1. The van der Waals surface area contributed by atoms with Gasteiger partial charge in [0.25, 0.3) is 0 Å². The number of halogens is 4. The molecule has 1 atom stereocenters. The first-order valence-electron chi connectivity index (χ1n) is 6.89. The lowest BCUT2D eigenvalue weighted by Gasteiger charge is -2.27. The Hall–Kier alpha value is -1.60. The first-order valence-corrected chi connectivity index (χ1v) is 7.26. The zero-order valence-electron chi connectivity index (χ0n) is 12.9. The second kappa shape index (κ2) is 7.79. The number of hydrogen-bond donors (Lipinski definition) is 1. The van der Waals surface area contributed by atoms with Gasteiger partial charge in [0.05, 0.1) is 6.54 Å². The van der Waals surface area contributed by atoms with Crippen molar-refractivity contribution in [1.29, 1.82) is 0 Å². The number of nitrogens with zero attached hydrogens (tertiary/aromatic N) is 2. The number of aliphatic hydroxyl groups excluding tert-OH is 1. The van der Waals surface area contributed by atoms with E-state index in [1.54, 1.807) is 38.1 Å². The first-order chi connectivity index (χ1) is 10.5. The average Bonchev–Trinajstić information content (AvgIpc) is 2.41. The maximum absolute atomic E-state index is 12.6. The third kappa shape index (κ3) is 5.84. The Morgan fingerprint density at radius 1 is 1.30 bits per heavy atom. The molecule has 0 radical (unpaired) electrons. The van der Waals surface area contributed by atoms with Gasteiger partial charge in [-0.3, -0.25) is 14.7 Å². The van der Waals surface area contributed by atoms with Crippen LogP contribution in [0.15, 0.2) is 29.3 Å². The van der Waals surface area contributed by atoms with Crippen LogP contribution in [0.25, 0.3) is 0 Å². The zero-order chi connectivity index (χ0) is 17.8. The Kier molecular flexibility index (Phi) is 6.58.